The van der Waals surface area contributed by atoms with E-state index in [-0.39, 0.29) is 11.7 Å². The third kappa shape index (κ3) is 8.00. The highest BCUT2D eigenvalue weighted by Crippen LogP contribution is 2.20. The molecule has 0 saturated carbocycles. The van der Waals surface area contributed by atoms with Crippen LogP contribution in [-0.2, 0) is 25.6 Å². The van der Waals surface area contributed by atoms with Crippen LogP contribution in [0.4, 0.5) is 0 Å². The molecule has 0 spiro atoms. The van der Waals surface area contributed by atoms with E-state index in [1.165, 1.54) is 4.90 Å². The summed E-state index contributed by atoms with van der Waals surface area (Å²) in [6, 6.07) is 5.76. The summed E-state index contributed by atoms with van der Waals surface area (Å²) in [5.74, 6) is -2.68. The molecule has 1 aliphatic heterocycles. The molecule has 0 aromatic heterocycles. The number of amides is 3. The molecule has 188 valence electrons. The first-order valence-electron chi connectivity index (χ1n) is 11.5. The quantitative estimate of drug-likeness (QED) is 0.161. The van der Waals surface area contributed by atoms with E-state index in [1.807, 2.05) is 30.3 Å². The molecule has 4 unspecified atom stereocenters. The fourth-order valence-corrected chi connectivity index (χ4v) is 4.21. The third-order valence-electron chi connectivity index (χ3n) is 5.83. The van der Waals surface area contributed by atoms with Crippen LogP contribution in [0.3, 0.4) is 0 Å². The summed E-state index contributed by atoms with van der Waals surface area (Å²) in [5, 5.41) is 14.3. The minimum absolute atomic E-state index is 0.0885. The zero-order valence-corrected chi connectivity index (χ0v) is 20.1. The molecule has 3 amide bonds. The number of carboxylic acids is 1. The number of hydrogen-bond donors (Lipinski definition) is 6. The van der Waals surface area contributed by atoms with Crippen LogP contribution in [0, 0.1) is 0 Å². The maximum absolute atomic E-state index is 13.1. The predicted molar refractivity (Wildman–Crippen MR) is 131 cm³/mol. The number of carbonyl (C=O) groups excluding carboxylic acids is 3. The van der Waals surface area contributed by atoms with Gasteiger partial charge in [-0.05, 0) is 50.6 Å². The van der Waals surface area contributed by atoms with Gasteiger partial charge in [0.05, 0.1) is 6.04 Å². The molecule has 34 heavy (non-hydrogen) atoms. The third-order valence-corrected chi connectivity index (χ3v) is 6.20. The number of likely N-dealkylation sites (tertiary alicyclic amines) is 1. The fourth-order valence-electron chi connectivity index (χ4n) is 3.96. The number of thiol groups is 1. The van der Waals surface area contributed by atoms with Crippen LogP contribution in [-0.4, -0.2) is 76.7 Å². The van der Waals surface area contributed by atoms with E-state index in [0.717, 1.165) is 5.56 Å². The first-order chi connectivity index (χ1) is 16.3. The molecule has 1 aromatic rings. The van der Waals surface area contributed by atoms with Gasteiger partial charge in [0.15, 0.2) is 0 Å². The van der Waals surface area contributed by atoms with Gasteiger partial charge < -0.3 is 32.1 Å². The fraction of sp³-hybridized carbons (Fsp3) is 0.565. The number of unbranched alkanes of at least 4 members (excludes halogenated alkanes) is 1. The first kappa shape index (κ1) is 27.6. The number of carbonyl (C=O) groups is 4. The summed E-state index contributed by atoms with van der Waals surface area (Å²) in [5.41, 5.74) is 12.6. The van der Waals surface area contributed by atoms with Crippen LogP contribution >= 0.6 is 12.6 Å². The van der Waals surface area contributed by atoms with Crippen LogP contribution in [0.1, 0.15) is 37.7 Å². The Kier molecular flexibility index (Phi) is 11.3. The Morgan fingerprint density at radius 3 is 2.44 bits per heavy atom. The van der Waals surface area contributed by atoms with Gasteiger partial charge in [-0.1, -0.05) is 30.3 Å². The topological polar surface area (TPSA) is 168 Å². The van der Waals surface area contributed by atoms with E-state index < -0.39 is 42.0 Å². The molecule has 0 radical (unpaired) electrons. The maximum atomic E-state index is 13.1. The number of aliphatic carboxylic acids is 1. The molecule has 1 heterocycles. The monoisotopic (exact) mass is 493 g/mol. The average molecular weight is 494 g/mol. The zero-order valence-electron chi connectivity index (χ0n) is 19.2. The smallest absolute Gasteiger partial charge is 0.327 e. The molecule has 10 nitrogen and oxygen atoms in total. The highest BCUT2D eigenvalue weighted by Gasteiger charge is 2.37. The van der Waals surface area contributed by atoms with Crippen molar-refractivity contribution in [3.05, 3.63) is 35.9 Å². The van der Waals surface area contributed by atoms with Crippen LogP contribution in [0.25, 0.3) is 0 Å². The van der Waals surface area contributed by atoms with Gasteiger partial charge in [-0.25, -0.2) is 4.79 Å². The lowest BCUT2D eigenvalue weighted by molar-refractivity contribution is -0.142. The summed E-state index contributed by atoms with van der Waals surface area (Å²) < 4.78 is 0. The number of carboxylic acid groups (broad SMARTS) is 1. The van der Waals surface area contributed by atoms with Crippen molar-refractivity contribution in [3.8, 4) is 0 Å². The second-order valence-electron chi connectivity index (χ2n) is 8.41. The Hall–Kier alpha value is -2.63. The van der Waals surface area contributed by atoms with Crippen molar-refractivity contribution in [1.82, 2.24) is 15.5 Å². The summed E-state index contributed by atoms with van der Waals surface area (Å²) in [4.78, 5) is 51.6. The molecule has 2 rings (SSSR count). The molecule has 0 bridgehead atoms. The Bertz CT molecular complexity index is 840. The highest BCUT2D eigenvalue weighted by molar-refractivity contribution is 7.80. The Labute approximate surface area is 205 Å². The molecule has 0 aliphatic carbocycles. The summed E-state index contributed by atoms with van der Waals surface area (Å²) in [6.45, 7) is 0.838. The first-order valence-corrected chi connectivity index (χ1v) is 12.2. The predicted octanol–water partition coefficient (Wildman–Crippen LogP) is -0.340. The summed E-state index contributed by atoms with van der Waals surface area (Å²) in [6.07, 6.45) is 2.98. The number of nitrogens with one attached hydrogen (secondary N) is 2. The molecule has 11 heteroatoms. The van der Waals surface area contributed by atoms with Crippen molar-refractivity contribution in [2.45, 2.75) is 62.7 Å². The van der Waals surface area contributed by atoms with E-state index in [4.69, 9.17) is 11.5 Å². The van der Waals surface area contributed by atoms with E-state index in [9.17, 15) is 24.3 Å². The van der Waals surface area contributed by atoms with Gasteiger partial charge >= 0.3 is 5.97 Å². The lowest BCUT2D eigenvalue weighted by atomic mass is 10.0. The second kappa shape index (κ2) is 13.9. The van der Waals surface area contributed by atoms with Crippen molar-refractivity contribution in [2.75, 3.05) is 18.8 Å². The normalized spacial score (nSPS) is 18.1. The standard InChI is InChI=1S/C23H35N5O5S/c24-11-5-4-9-17(20(29)27-18(14-34)23(32)33)26-21(30)19-10-6-12-28(19)22(31)16(25)13-15-7-2-1-3-8-15/h1-3,7-8,16-19,34H,4-6,9-14,24-25H2,(H,26,30)(H,27,29)(H,32,33). The molecule has 1 saturated heterocycles. The average Bonchev–Trinajstić information content (AvgIpc) is 3.31. The van der Waals surface area contributed by atoms with E-state index >= 15 is 0 Å². The Morgan fingerprint density at radius 1 is 1.12 bits per heavy atom. The van der Waals surface area contributed by atoms with E-state index in [2.05, 4.69) is 23.3 Å². The van der Waals surface area contributed by atoms with Crippen molar-refractivity contribution in [3.63, 3.8) is 0 Å². The lowest BCUT2D eigenvalue weighted by Gasteiger charge is -2.28. The molecular formula is C23H35N5O5S. The number of nitrogens with two attached hydrogens (primary N) is 2. The number of rotatable bonds is 13. The van der Waals surface area contributed by atoms with Crippen LogP contribution in [0.2, 0.25) is 0 Å². The Balaban J connectivity index is 2.05. The minimum Gasteiger partial charge on any atom is -0.480 e. The van der Waals surface area contributed by atoms with Gasteiger partial charge in [-0.2, -0.15) is 12.6 Å². The molecule has 7 N–H and O–H groups in total. The van der Waals surface area contributed by atoms with Gasteiger partial charge in [0, 0.05) is 12.3 Å². The number of hydrogen-bond acceptors (Lipinski definition) is 7. The molecule has 1 fully saturated rings. The van der Waals surface area contributed by atoms with Crippen molar-refractivity contribution >= 4 is 36.3 Å². The van der Waals surface area contributed by atoms with Crippen molar-refractivity contribution < 1.29 is 24.3 Å². The van der Waals surface area contributed by atoms with Crippen LogP contribution in [0.5, 0.6) is 0 Å². The number of benzene rings is 1. The van der Waals surface area contributed by atoms with Crippen molar-refractivity contribution in [2.24, 2.45) is 11.5 Å². The maximum Gasteiger partial charge on any atom is 0.327 e. The SMILES string of the molecule is NCCCCC(NC(=O)C1CCCN1C(=O)C(N)Cc1ccccc1)C(=O)NC(CS)C(=O)O. The van der Waals surface area contributed by atoms with E-state index in [1.54, 1.807) is 0 Å². The lowest BCUT2D eigenvalue weighted by Crippen LogP contribution is -2.57. The highest BCUT2D eigenvalue weighted by atomic mass is 32.1. The number of nitrogens with zero attached hydrogens (tertiary/aromatic N) is 1. The van der Waals surface area contributed by atoms with Crippen LogP contribution in [0.15, 0.2) is 30.3 Å². The van der Waals surface area contributed by atoms with Crippen LogP contribution < -0.4 is 22.1 Å². The second-order valence-corrected chi connectivity index (χ2v) is 8.78. The summed E-state index contributed by atoms with van der Waals surface area (Å²) in [7, 11) is 0. The van der Waals surface area contributed by atoms with E-state index in [0.29, 0.717) is 51.6 Å². The van der Waals surface area contributed by atoms with Gasteiger partial charge in [0.1, 0.15) is 18.1 Å². The van der Waals surface area contributed by atoms with Gasteiger partial charge in [0.25, 0.3) is 0 Å². The van der Waals surface area contributed by atoms with Crippen molar-refractivity contribution in [1.29, 1.82) is 0 Å². The summed E-state index contributed by atoms with van der Waals surface area (Å²) >= 11 is 3.96. The zero-order chi connectivity index (χ0) is 25.1. The minimum atomic E-state index is -1.21. The molecule has 1 aromatic carbocycles. The Morgan fingerprint density at radius 2 is 1.82 bits per heavy atom. The van der Waals surface area contributed by atoms with Gasteiger partial charge in [-0.15, -0.1) is 0 Å². The largest absolute Gasteiger partial charge is 0.480 e. The molecule has 4 atom stereocenters. The molecular weight excluding hydrogens is 458 g/mol. The molecule has 1 aliphatic rings. The van der Waals surface area contributed by atoms with Gasteiger partial charge in [-0.3, -0.25) is 14.4 Å². The van der Waals surface area contributed by atoms with Gasteiger partial charge in [0.2, 0.25) is 17.7 Å².